The number of oxazole rings is 1. The number of morpholine rings is 1. The molecule has 8 heteroatoms. The number of amides is 1. The zero-order valence-corrected chi connectivity index (χ0v) is 16.8. The molecule has 0 atom stereocenters. The lowest BCUT2D eigenvalue weighted by atomic mass is 9.84. The van der Waals surface area contributed by atoms with E-state index in [0.29, 0.717) is 17.8 Å². The summed E-state index contributed by atoms with van der Waals surface area (Å²) < 4.78 is 10.8. The van der Waals surface area contributed by atoms with Crippen LogP contribution in [0.25, 0.3) is 22.2 Å². The van der Waals surface area contributed by atoms with Crippen molar-refractivity contribution in [1.82, 2.24) is 19.9 Å². The number of nitrogens with zero attached hydrogens (tertiary/aromatic N) is 4. The van der Waals surface area contributed by atoms with Gasteiger partial charge in [-0.1, -0.05) is 12.1 Å². The summed E-state index contributed by atoms with van der Waals surface area (Å²) in [6, 6.07) is 6.37. The van der Waals surface area contributed by atoms with E-state index in [1.54, 1.807) is 12.4 Å². The standard InChI is InChI=1S/C22H25N5O3/c28-21(15-3-5-18(6-4-15)27-7-9-29-10-8-27)26-22-24-12-17-2-1-16(11-19(17)25-22)20-13-23-14-30-20/h1-2,11-15,18H,3-10H2,(H,24,25,26,28). The molecule has 0 radical (unpaired) electrons. The highest BCUT2D eigenvalue weighted by Crippen LogP contribution is 2.29. The van der Waals surface area contributed by atoms with Crippen molar-refractivity contribution in [2.75, 3.05) is 31.6 Å². The third-order valence-electron chi connectivity index (χ3n) is 6.16. The molecule has 3 aromatic rings. The Labute approximate surface area is 174 Å². The highest BCUT2D eigenvalue weighted by atomic mass is 16.5. The second-order valence-electron chi connectivity index (χ2n) is 7.98. The molecule has 0 unspecified atom stereocenters. The van der Waals surface area contributed by atoms with Gasteiger partial charge in [0.1, 0.15) is 0 Å². The van der Waals surface area contributed by atoms with Crippen molar-refractivity contribution in [2.45, 2.75) is 31.7 Å². The lowest BCUT2D eigenvalue weighted by molar-refractivity contribution is -0.121. The number of carbonyl (C=O) groups excluding carboxylic acids is 1. The summed E-state index contributed by atoms with van der Waals surface area (Å²) in [4.78, 5) is 28.1. The van der Waals surface area contributed by atoms with Crippen LogP contribution in [-0.2, 0) is 9.53 Å². The molecule has 1 aromatic carbocycles. The Hall–Kier alpha value is -2.84. The van der Waals surface area contributed by atoms with Gasteiger partial charge in [-0.25, -0.2) is 15.0 Å². The molecule has 2 aromatic heterocycles. The summed E-state index contributed by atoms with van der Waals surface area (Å²) in [5.41, 5.74) is 1.64. The van der Waals surface area contributed by atoms with Crippen molar-refractivity contribution < 1.29 is 13.9 Å². The van der Waals surface area contributed by atoms with Gasteiger partial charge in [-0.2, -0.15) is 0 Å². The molecule has 30 heavy (non-hydrogen) atoms. The highest BCUT2D eigenvalue weighted by Gasteiger charge is 2.30. The molecule has 1 amide bonds. The first-order valence-electron chi connectivity index (χ1n) is 10.5. The smallest absolute Gasteiger partial charge is 0.229 e. The molecule has 3 heterocycles. The van der Waals surface area contributed by atoms with E-state index in [4.69, 9.17) is 9.15 Å². The van der Waals surface area contributed by atoms with Crippen LogP contribution in [-0.4, -0.2) is 58.1 Å². The molecule has 0 bridgehead atoms. The summed E-state index contributed by atoms with van der Waals surface area (Å²) in [6.45, 7) is 3.64. The number of anilines is 1. The first-order chi connectivity index (χ1) is 14.8. The largest absolute Gasteiger partial charge is 0.444 e. The Kier molecular flexibility index (Phi) is 5.42. The number of benzene rings is 1. The Morgan fingerprint density at radius 1 is 1.10 bits per heavy atom. The second-order valence-corrected chi connectivity index (χ2v) is 7.98. The Bertz CT molecular complexity index is 1010. The van der Waals surface area contributed by atoms with E-state index in [-0.39, 0.29) is 11.8 Å². The van der Waals surface area contributed by atoms with Gasteiger partial charge in [0, 0.05) is 42.2 Å². The van der Waals surface area contributed by atoms with Gasteiger partial charge >= 0.3 is 0 Å². The van der Waals surface area contributed by atoms with Crippen molar-refractivity contribution in [3.05, 3.63) is 37.0 Å². The van der Waals surface area contributed by atoms with Gasteiger partial charge in [-0.3, -0.25) is 15.0 Å². The fourth-order valence-electron chi connectivity index (χ4n) is 4.45. The summed E-state index contributed by atoms with van der Waals surface area (Å²) in [7, 11) is 0. The van der Waals surface area contributed by atoms with Crippen LogP contribution in [0.2, 0.25) is 0 Å². The van der Waals surface area contributed by atoms with Gasteiger partial charge in [-0.05, 0) is 31.7 Å². The lowest BCUT2D eigenvalue weighted by Crippen LogP contribution is -2.45. The molecule has 1 aliphatic heterocycles. The van der Waals surface area contributed by atoms with Crippen molar-refractivity contribution in [3.63, 3.8) is 0 Å². The Morgan fingerprint density at radius 3 is 2.70 bits per heavy atom. The maximum absolute atomic E-state index is 12.8. The topological polar surface area (TPSA) is 93.4 Å². The van der Waals surface area contributed by atoms with E-state index >= 15 is 0 Å². The Morgan fingerprint density at radius 2 is 1.93 bits per heavy atom. The van der Waals surface area contributed by atoms with Gasteiger partial charge in [0.2, 0.25) is 11.9 Å². The first-order valence-corrected chi connectivity index (χ1v) is 10.5. The molecule has 0 spiro atoms. The van der Waals surface area contributed by atoms with Gasteiger partial charge in [0.25, 0.3) is 0 Å². The van der Waals surface area contributed by atoms with Crippen LogP contribution in [0.15, 0.2) is 41.4 Å². The number of hydrogen-bond donors (Lipinski definition) is 1. The van der Waals surface area contributed by atoms with Gasteiger partial charge < -0.3 is 9.15 Å². The predicted molar refractivity (Wildman–Crippen MR) is 112 cm³/mol. The summed E-state index contributed by atoms with van der Waals surface area (Å²) in [6.07, 6.45) is 8.71. The van der Waals surface area contributed by atoms with Gasteiger partial charge in [-0.15, -0.1) is 0 Å². The fourth-order valence-corrected chi connectivity index (χ4v) is 4.45. The number of hydrogen-bond acceptors (Lipinski definition) is 7. The summed E-state index contributed by atoms with van der Waals surface area (Å²) in [5.74, 6) is 1.05. The lowest BCUT2D eigenvalue weighted by Gasteiger charge is -2.38. The number of nitrogens with one attached hydrogen (secondary N) is 1. The van der Waals surface area contributed by atoms with Crippen LogP contribution in [0.3, 0.4) is 0 Å². The van der Waals surface area contributed by atoms with Crippen molar-refractivity contribution in [1.29, 1.82) is 0 Å². The molecule has 1 N–H and O–H groups in total. The van der Waals surface area contributed by atoms with Crippen LogP contribution in [0.5, 0.6) is 0 Å². The number of rotatable bonds is 4. The molecule has 1 aliphatic carbocycles. The minimum Gasteiger partial charge on any atom is -0.444 e. The maximum Gasteiger partial charge on any atom is 0.229 e. The van der Waals surface area contributed by atoms with E-state index in [1.807, 2.05) is 18.2 Å². The van der Waals surface area contributed by atoms with Gasteiger partial charge in [0.05, 0.1) is 24.9 Å². The normalized spacial score (nSPS) is 22.8. The zero-order valence-electron chi connectivity index (χ0n) is 16.8. The molecule has 1 saturated heterocycles. The average molecular weight is 407 g/mol. The highest BCUT2D eigenvalue weighted by molar-refractivity contribution is 5.92. The Balaban J connectivity index is 1.23. The minimum absolute atomic E-state index is 0.0150. The molecule has 2 aliphatic rings. The number of fused-ring (bicyclic) bond motifs is 1. The fraction of sp³-hybridized carbons (Fsp3) is 0.455. The first kappa shape index (κ1) is 19.1. The van der Waals surface area contributed by atoms with Crippen LogP contribution < -0.4 is 5.32 Å². The minimum atomic E-state index is 0.0150. The van der Waals surface area contributed by atoms with Crippen molar-refractivity contribution >= 4 is 22.8 Å². The van der Waals surface area contributed by atoms with Crippen molar-refractivity contribution in [2.24, 2.45) is 5.92 Å². The van der Waals surface area contributed by atoms with Crippen LogP contribution in [0.1, 0.15) is 25.7 Å². The van der Waals surface area contributed by atoms with Gasteiger partial charge in [0.15, 0.2) is 12.2 Å². The third kappa shape index (κ3) is 4.06. The summed E-state index contributed by atoms with van der Waals surface area (Å²) >= 11 is 0. The predicted octanol–water partition coefficient (Wildman–Crippen LogP) is 3.11. The molecule has 156 valence electrons. The molecule has 8 nitrogen and oxygen atoms in total. The number of carbonyl (C=O) groups is 1. The van der Waals surface area contributed by atoms with E-state index in [0.717, 1.165) is 68.5 Å². The van der Waals surface area contributed by atoms with E-state index in [1.165, 1.54) is 6.39 Å². The number of ether oxygens (including phenoxy) is 1. The quantitative estimate of drug-likeness (QED) is 0.710. The summed E-state index contributed by atoms with van der Waals surface area (Å²) in [5, 5.41) is 3.83. The second kappa shape index (κ2) is 8.49. The SMILES string of the molecule is O=C(Nc1ncc2ccc(-c3cnco3)cc2n1)C1CCC(N2CCOCC2)CC1. The van der Waals surface area contributed by atoms with Crippen LogP contribution in [0.4, 0.5) is 5.95 Å². The van der Waals surface area contributed by atoms with Crippen molar-refractivity contribution in [3.8, 4) is 11.3 Å². The molecule has 1 saturated carbocycles. The molecule has 2 fully saturated rings. The third-order valence-corrected chi connectivity index (χ3v) is 6.16. The van der Waals surface area contributed by atoms with Crippen LogP contribution >= 0.6 is 0 Å². The molecular weight excluding hydrogens is 382 g/mol. The molecular formula is C22H25N5O3. The zero-order chi connectivity index (χ0) is 20.3. The monoisotopic (exact) mass is 407 g/mol. The van der Waals surface area contributed by atoms with E-state index < -0.39 is 0 Å². The van der Waals surface area contributed by atoms with Crippen LogP contribution in [0, 0.1) is 5.92 Å². The number of aromatic nitrogens is 3. The maximum atomic E-state index is 12.8. The molecule has 5 rings (SSSR count). The average Bonchev–Trinajstić information content (AvgIpc) is 3.34. The van der Waals surface area contributed by atoms with E-state index in [2.05, 4.69) is 25.2 Å². The van der Waals surface area contributed by atoms with E-state index in [9.17, 15) is 4.79 Å².